The predicted molar refractivity (Wildman–Crippen MR) is 164 cm³/mol. The number of rotatable bonds is 5. The second-order valence-electron chi connectivity index (χ2n) is 9.66. The molecule has 40 heavy (non-hydrogen) atoms. The van der Waals surface area contributed by atoms with Crippen LogP contribution in [0.5, 0.6) is 0 Å². The molecular weight excluding hydrogens is 564 g/mol. The van der Waals surface area contributed by atoms with E-state index in [9.17, 15) is 4.79 Å². The minimum atomic E-state index is -0.254. The number of nitrogens with one attached hydrogen (secondary N) is 1. The van der Waals surface area contributed by atoms with Crippen molar-refractivity contribution in [2.75, 3.05) is 5.01 Å². The van der Waals surface area contributed by atoms with Crippen molar-refractivity contribution in [1.29, 1.82) is 0 Å². The van der Waals surface area contributed by atoms with E-state index in [2.05, 4.69) is 72.4 Å². The van der Waals surface area contributed by atoms with E-state index in [4.69, 9.17) is 5.10 Å². The number of aromatic nitrogens is 3. The van der Waals surface area contributed by atoms with Crippen molar-refractivity contribution in [2.45, 2.75) is 12.5 Å². The molecule has 8 heteroatoms. The number of hydrogen-bond acceptors (Lipinski definition) is 5. The molecule has 1 N–H and O–H groups in total. The average molecular weight is 587 g/mol. The van der Waals surface area contributed by atoms with Gasteiger partial charge in [-0.3, -0.25) is 9.80 Å². The van der Waals surface area contributed by atoms with Crippen LogP contribution < -0.4 is 10.6 Å². The Bertz CT molecular complexity index is 1960. The Morgan fingerprint density at radius 2 is 1.68 bits per heavy atom. The van der Waals surface area contributed by atoms with Crippen LogP contribution in [-0.4, -0.2) is 26.6 Å². The highest BCUT2D eigenvalue weighted by atomic mass is 79.9. The van der Waals surface area contributed by atoms with Crippen LogP contribution in [0, 0.1) is 0 Å². The van der Waals surface area contributed by atoms with Crippen LogP contribution in [0.2, 0.25) is 0 Å². The largest absolute Gasteiger partial charge is 0.349 e. The standard InChI is InChI=1S/C32H23BrN6O/c33-24-13-16-27-26(17-24)30-31(36-27)32(40)38(20-34-30)35-19-21-11-14-25(15-12-21)39-29(23-9-5-2-6-10-23)18-28(37-39)22-7-3-1-4-8-22/h1-17,19-20,29,36H,18H2/b35-19+. The van der Waals surface area contributed by atoms with E-state index in [0.717, 1.165) is 44.3 Å². The van der Waals surface area contributed by atoms with Gasteiger partial charge in [0.15, 0.2) is 0 Å². The molecule has 0 spiro atoms. The summed E-state index contributed by atoms with van der Waals surface area (Å²) in [6.07, 6.45) is 3.94. The molecular formula is C32H23BrN6O. The molecule has 7 nitrogen and oxygen atoms in total. The van der Waals surface area contributed by atoms with Gasteiger partial charge in [0.1, 0.15) is 17.4 Å². The molecule has 0 saturated carbocycles. The van der Waals surface area contributed by atoms with Crippen LogP contribution in [-0.2, 0) is 0 Å². The lowest BCUT2D eigenvalue weighted by Gasteiger charge is -2.24. The molecule has 2 aromatic heterocycles. The van der Waals surface area contributed by atoms with Crippen LogP contribution in [0.25, 0.3) is 21.9 Å². The lowest BCUT2D eigenvalue weighted by Crippen LogP contribution is -2.18. The number of hydrogen-bond donors (Lipinski definition) is 1. The third-order valence-corrected chi connectivity index (χ3v) is 7.64. The third-order valence-electron chi connectivity index (χ3n) is 7.14. The Hall–Kier alpha value is -4.82. The van der Waals surface area contributed by atoms with Gasteiger partial charge in [0.05, 0.1) is 23.7 Å². The normalized spacial score (nSPS) is 15.4. The number of nitrogens with zero attached hydrogens (tertiary/aromatic N) is 5. The fourth-order valence-electron chi connectivity index (χ4n) is 5.13. The van der Waals surface area contributed by atoms with E-state index in [1.54, 1.807) is 6.21 Å². The van der Waals surface area contributed by atoms with Crippen LogP contribution >= 0.6 is 15.9 Å². The molecule has 4 aromatic carbocycles. The second kappa shape index (κ2) is 10.1. The zero-order chi connectivity index (χ0) is 27.1. The number of hydrazone groups is 1. The summed E-state index contributed by atoms with van der Waals surface area (Å²) in [6, 6.07) is 34.7. The Labute approximate surface area is 238 Å². The van der Waals surface area contributed by atoms with Crippen LogP contribution in [0.1, 0.15) is 29.2 Å². The third kappa shape index (κ3) is 4.42. The summed E-state index contributed by atoms with van der Waals surface area (Å²) < 4.78 is 2.18. The Morgan fingerprint density at radius 3 is 2.45 bits per heavy atom. The molecule has 0 fully saturated rings. The monoisotopic (exact) mass is 586 g/mol. The first-order valence-corrected chi connectivity index (χ1v) is 13.7. The molecule has 0 bridgehead atoms. The summed E-state index contributed by atoms with van der Waals surface area (Å²) in [5.41, 5.74) is 6.92. The first kappa shape index (κ1) is 24.2. The van der Waals surface area contributed by atoms with Gasteiger partial charge in [-0.1, -0.05) is 88.7 Å². The Kier molecular flexibility index (Phi) is 6.09. The molecule has 1 atom stereocenters. The summed E-state index contributed by atoms with van der Waals surface area (Å²) in [4.78, 5) is 20.8. The first-order valence-electron chi connectivity index (χ1n) is 12.9. The van der Waals surface area contributed by atoms with E-state index in [-0.39, 0.29) is 11.6 Å². The number of fused-ring (bicyclic) bond motifs is 3. The van der Waals surface area contributed by atoms with Gasteiger partial charge < -0.3 is 4.98 Å². The van der Waals surface area contributed by atoms with Gasteiger partial charge >= 0.3 is 0 Å². The number of benzene rings is 4. The van der Waals surface area contributed by atoms with Crippen LogP contribution in [0.3, 0.4) is 0 Å². The molecule has 1 unspecified atom stereocenters. The van der Waals surface area contributed by atoms with Gasteiger partial charge in [0.2, 0.25) is 0 Å². The predicted octanol–water partition coefficient (Wildman–Crippen LogP) is 6.88. The van der Waals surface area contributed by atoms with Gasteiger partial charge in [-0.05, 0) is 47.0 Å². The molecule has 0 saturated heterocycles. The van der Waals surface area contributed by atoms with Crippen molar-refractivity contribution >= 4 is 55.5 Å². The second-order valence-corrected chi connectivity index (χ2v) is 10.6. The van der Waals surface area contributed by atoms with Crippen molar-refractivity contribution in [3.63, 3.8) is 0 Å². The van der Waals surface area contributed by atoms with E-state index >= 15 is 0 Å². The minimum Gasteiger partial charge on any atom is -0.349 e. The SMILES string of the molecule is O=c1c2[nH]c3ccc(Br)cc3c2ncn1/N=C/c1ccc(N2N=C(c3ccccc3)CC2c2ccccc2)cc1. The van der Waals surface area contributed by atoms with Gasteiger partial charge in [-0.2, -0.15) is 14.9 Å². The highest BCUT2D eigenvalue weighted by Crippen LogP contribution is 2.36. The van der Waals surface area contributed by atoms with E-state index in [0.29, 0.717) is 11.0 Å². The fraction of sp³-hybridized carbons (Fsp3) is 0.0625. The maximum atomic E-state index is 13.1. The summed E-state index contributed by atoms with van der Waals surface area (Å²) >= 11 is 3.48. The smallest absolute Gasteiger partial charge is 0.298 e. The molecule has 1 aliphatic rings. The lowest BCUT2D eigenvalue weighted by atomic mass is 9.98. The molecule has 6 aromatic rings. The molecule has 0 aliphatic carbocycles. The van der Waals surface area contributed by atoms with E-state index < -0.39 is 0 Å². The van der Waals surface area contributed by atoms with Crippen molar-refractivity contribution in [2.24, 2.45) is 10.2 Å². The van der Waals surface area contributed by atoms with Gasteiger partial charge in [-0.15, -0.1) is 0 Å². The summed E-state index contributed by atoms with van der Waals surface area (Å²) in [6.45, 7) is 0. The molecule has 7 rings (SSSR count). The van der Waals surface area contributed by atoms with Crippen molar-refractivity contribution in [3.05, 3.63) is 141 Å². The quantitative estimate of drug-likeness (QED) is 0.224. The number of halogens is 1. The van der Waals surface area contributed by atoms with Crippen LogP contribution in [0.15, 0.2) is 129 Å². The highest BCUT2D eigenvalue weighted by Gasteiger charge is 2.29. The average Bonchev–Trinajstić information content (AvgIpc) is 3.61. The maximum Gasteiger partial charge on any atom is 0.298 e. The zero-order valence-electron chi connectivity index (χ0n) is 21.3. The maximum absolute atomic E-state index is 13.1. The summed E-state index contributed by atoms with van der Waals surface area (Å²) in [5, 5.41) is 12.4. The Balaban J connectivity index is 1.18. The number of anilines is 1. The molecule has 194 valence electrons. The molecule has 0 amide bonds. The minimum absolute atomic E-state index is 0.101. The Morgan fingerprint density at radius 1 is 0.925 bits per heavy atom. The number of H-pyrrole nitrogens is 1. The van der Waals surface area contributed by atoms with E-state index in [1.165, 1.54) is 16.6 Å². The van der Waals surface area contributed by atoms with E-state index in [1.807, 2.05) is 66.7 Å². The van der Waals surface area contributed by atoms with Crippen molar-refractivity contribution < 1.29 is 0 Å². The first-order chi connectivity index (χ1) is 19.6. The number of aromatic amines is 1. The van der Waals surface area contributed by atoms with Crippen molar-refractivity contribution in [3.8, 4) is 0 Å². The fourth-order valence-corrected chi connectivity index (χ4v) is 5.49. The van der Waals surface area contributed by atoms with Gasteiger partial charge in [0.25, 0.3) is 5.56 Å². The lowest BCUT2D eigenvalue weighted by molar-refractivity contribution is 0.709. The van der Waals surface area contributed by atoms with Crippen LogP contribution in [0.4, 0.5) is 5.69 Å². The van der Waals surface area contributed by atoms with Crippen molar-refractivity contribution in [1.82, 2.24) is 14.6 Å². The summed E-state index contributed by atoms with van der Waals surface area (Å²) in [5.74, 6) is 0. The molecule has 0 radical (unpaired) electrons. The highest BCUT2D eigenvalue weighted by molar-refractivity contribution is 9.10. The topological polar surface area (TPSA) is 78.6 Å². The van der Waals surface area contributed by atoms with Gasteiger partial charge in [0, 0.05) is 21.8 Å². The van der Waals surface area contributed by atoms with Gasteiger partial charge in [-0.25, -0.2) is 4.98 Å². The zero-order valence-corrected chi connectivity index (χ0v) is 22.9. The summed E-state index contributed by atoms with van der Waals surface area (Å²) in [7, 11) is 0. The molecule has 3 heterocycles. The molecule has 1 aliphatic heterocycles.